The first-order valence-corrected chi connectivity index (χ1v) is 7.00. The minimum atomic E-state index is 0.215. The van der Waals surface area contributed by atoms with Crippen LogP contribution in [-0.4, -0.2) is 33.3 Å². The Balaban J connectivity index is 2.11. The molecule has 0 saturated carbocycles. The van der Waals surface area contributed by atoms with Crippen LogP contribution < -0.4 is 5.43 Å². The van der Waals surface area contributed by atoms with E-state index >= 15 is 0 Å². The quantitative estimate of drug-likeness (QED) is 0.673. The van der Waals surface area contributed by atoms with Crippen LogP contribution >= 0.6 is 0 Å². The van der Waals surface area contributed by atoms with Crippen LogP contribution in [0.3, 0.4) is 0 Å². The largest absolute Gasteiger partial charge is 0.338 e. The smallest absolute Gasteiger partial charge is 0.222 e. The van der Waals surface area contributed by atoms with E-state index < -0.39 is 0 Å². The van der Waals surface area contributed by atoms with Crippen molar-refractivity contribution in [3.63, 3.8) is 0 Å². The van der Waals surface area contributed by atoms with Crippen molar-refractivity contribution in [3.05, 3.63) is 17.3 Å². The SMILES string of the molecule is CCCC(=O)N1CCc2nnc(NN=C(C)C)cc2C1. The lowest BCUT2D eigenvalue weighted by Crippen LogP contribution is -2.36. The molecule has 0 aliphatic carbocycles. The summed E-state index contributed by atoms with van der Waals surface area (Å²) in [7, 11) is 0. The van der Waals surface area contributed by atoms with Gasteiger partial charge in [0.15, 0.2) is 5.82 Å². The summed E-state index contributed by atoms with van der Waals surface area (Å²) in [6.45, 7) is 7.19. The van der Waals surface area contributed by atoms with E-state index in [0.717, 1.165) is 36.4 Å². The van der Waals surface area contributed by atoms with Gasteiger partial charge in [-0.2, -0.15) is 10.2 Å². The molecule has 1 aliphatic heterocycles. The van der Waals surface area contributed by atoms with Crippen LogP contribution in [0.25, 0.3) is 0 Å². The van der Waals surface area contributed by atoms with E-state index in [1.807, 2.05) is 31.7 Å². The molecule has 0 aromatic carbocycles. The Hall–Kier alpha value is -1.98. The summed E-state index contributed by atoms with van der Waals surface area (Å²) in [5.74, 6) is 0.835. The molecule has 0 fully saturated rings. The number of amides is 1. The van der Waals surface area contributed by atoms with E-state index in [1.165, 1.54) is 0 Å². The number of aromatic nitrogens is 2. The molecule has 6 nitrogen and oxygen atoms in total. The minimum absolute atomic E-state index is 0.215. The van der Waals surface area contributed by atoms with Crippen molar-refractivity contribution in [2.24, 2.45) is 5.10 Å². The molecule has 1 aromatic heterocycles. The fourth-order valence-corrected chi connectivity index (χ4v) is 2.14. The molecular formula is C14H21N5O. The van der Waals surface area contributed by atoms with Gasteiger partial charge in [0.25, 0.3) is 0 Å². The standard InChI is InChI=1S/C14H21N5O/c1-4-5-14(20)19-7-6-12-11(9-19)8-13(18-16-12)17-15-10(2)3/h8H,4-7,9H2,1-3H3,(H,17,18). The molecule has 1 aliphatic rings. The number of rotatable bonds is 4. The Bertz CT molecular complexity index is 522. The van der Waals surface area contributed by atoms with Crippen LogP contribution in [-0.2, 0) is 17.8 Å². The summed E-state index contributed by atoms with van der Waals surface area (Å²) in [5, 5.41) is 12.4. The molecule has 6 heteroatoms. The monoisotopic (exact) mass is 275 g/mol. The van der Waals surface area contributed by atoms with Gasteiger partial charge in [-0.05, 0) is 31.9 Å². The molecule has 0 radical (unpaired) electrons. The van der Waals surface area contributed by atoms with Crippen molar-refractivity contribution in [3.8, 4) is 0 Å². The number of hydrogen-bond acceptors (Lipinski definition) is 5. The molecule has 0 spiro atoms. The highest BCUT2D eigenvalue weighted by Crippen LogP contribution is 2.19. The van der Waals surface area contributed by atoms with Crippen LogP contribution in [0.15, 0.2) is 11.2 Å². The Labute approximate surface area is 119 Å². The lowest BCUT2D eigenvalue weighted by molar-refractivity contribution is -0.132. The number of hydrazone groups is 1. The van der Waals surface area contributed by atoms with Gasteiger partial charge in [-0.15, -0.1) is 5.10 Å². The number of nitrogens with one attached hydrogen (secondary N) is 1. The fourth-order valence-electron chi connectivity index (χ4n) is 2.14. The first kappa shape index (κ1) is 14.4. The second kappa shape index (κ2) is 6.45. The van der Waals surface area contributed by atoms with Gasteiger partial charge < -0.3 is 4.90 Å². The Kier molecular flexibility index (Phi) is 4.65. The van der Waals surface area contributed by atoms with Crippen LogP contribution in [0.5, 0.6) is 0 Å². The molecule has 1 aromatic rings. The van der Waals surface area contributed by atoms with E-state index in [2.05, 4.69) is 20.7 Å². The van der Waals surface area contributed by atoms with Crippen LogP contribution in [0, 0.1) is 0 Å². The molecule has 1 amide bonds. The number of anilines is 1. The molecule has 0 unspecified atom stereocenters. The van der Waals surface area contributed by atoms with Crippen LogP contribution in [0.1, 0.15) is 44.9 Å². The average molecular weight is 275 g/mol. The van der Waals surface area contributed by atoms with Gasteiger partial charge in [0.1, 0.15) is 0 Å². The second-order valence-electron chi connectivity index (χ2n) is 5.19. The second-order valence-corrected chi connectivity index (χ2v) is 5.19. The molecule has 2 rings (SSSR count). The van der Waals surface area contributed by atoms with Crippen molar-refractivity contribution < 1.29 is 4.79 Å². The van der Waals surface area contributed by atoms with Gasteiger partial charge in [0, 0.05) is 31.6 Å². The molecule has 0 atom stereocenters. The highest BCUT2D eigenvalue weighted by molar-refractivity contribution is 5.79. The maximum absolute atomic E-state index is 12.0. The Morgan fingerprint density at radius 3 is 2.95 bits per heavy atom. The van der Waals surface area contributed by atoms with Gasteiger partial charge in [0.2, 0.25) is 5.91 Å². The van der Waals surface area contributed by atoms with Crippen LogP contribution in [0.2, 0.25) is 0 Å². The third kappa shape index (κ3) is 3.53. The molecule has 1 N–H and O–H groups in total. The van der Waals surface area contributed by atoms with E-state index in [9.17, 15) is 4.79 Å². The topological polar surface area (TPSA) is 70.5 Å². The molecule has 20 heavy (non-hydrogen) atoms. The van der Waals surface area contributed by atoms with Gasteiger partial charge in [0.05, 0.1) is 5.69 Å². The zero-order valence-corrected chi connectivity index (χ0v) is 12.3. The normalized spacial score (nSPS) is 13.7. The first-order chi connectivity index (χ1) is 9.60. The molecule has 2 heterocycles. The summed E-state index contributed by atoms with van der Waals surface area (Å²) >= 11 is 0. The molecule has 0 saturated heterocycles. The number of carbonyl (C=O) groups excluding carboxylic acids is 1. The van der Waals surface area contributed by atoms with Crippen LogP contribution in [0.4, 0.5) is 5.82 Å². The van der Waals surface area contributed by atoms with E-state index in [4.69, 9.17) is 0 Å². The van der Waals surface area contributed by atoms with Crippen molar-refractivity contribution in [1.29, 1.82) is 0 Å². The highest BCUT2D eigenvalue weighted by Gasteiger charge is 2.21. The summed E-state index contributed by atoms with van der Waals surface area (Å²) in [6.07, 6.45) is 2.26. The maximum Gasteiger partial charge on any atom is 0.222 e. The fraction of sp³-hybridized carbons (Fsp3) is 0.571. The molecule has 0 bridgehead atoms. The number of fused-ring (bicyclic) bond motifs is 1. The van der Waals surface area contributed by atoms with Crippen molar-refractivity contribution >= 4 is 17.4 Å². The Morgan fingerprint density at radius 2 is 2.25 bits per heavy atom. The molecular weight excluding hydrogens is 254 g/mol. The number of nitrogens with zero attached hydrogens (tertiary/aromatic N) is 4. The van der Waals surface area contributed by atoms with Crippen molar-refractivity contribution in [2.45, 2.75) is 46.6 Å². The van der Waals surface area contributed by atoms with E-state index in [-0.39, 0.29) is 5.91 Å². The zero-order chi connectivity index (χ0) is 14.5. The van der Waals surface area contributed by atoms with Gasteiger partial charge >= 0.3 is 0 Å². The third-order valence-corrected chi connectivity index (χ3v) is 3.15. The summed E-state index contributed by atoms with van der Waals surface area (Å²) < 4.78 is 0. The summed E-state index contributed by atoms with van der Waals surface area (Å²) in [6, 6.07) is 1.93. The first-order valence-electron chi connectivity index (χ1n) is 7.00. The average Bonchev–Trinajstić information content (AvgIpc) is 2.44. The number of carbonyl (C=O) groups is 1. The predicted octanol–water partition coefficient (Wildman–Crippen LogP) is 1.97. The maximum atomic E-state index is 12.0. The summed E-state index contributed by atoms with van der Waals surface area (Å²) in [5.41, 5.74) is 5.83. The van der Waals surface area contributed by atoms with E-state index in [0.29, 0.717) is 18.8 Å². The van der Waals surface area contributed by atoms with Crippen molar-refractivity contribution in [2.75, 3.05) is 12.0 Å². The zero-order valence-electron chi connectivity index (χ0n) is 12.3. The van der Waals surface area contributed by atoms with E-state index in [1.54, 1.807) is 0 Å². The van der Waals surface area contributed by atoms with Crippen molar-refractivity contribution in [1.82, 2.24) is 15.1 Å². The van der Waals surface area contributed by atoms with Gasteiger partial charge in [-0.3, -0.25) is 10.2 Å². The predicted molar refractivity (Wildman–Crippen MR) is 78.5 cm³/mol. The van der Waals surface area contributed by atoms with Gasteiger partial charge in [-0.25, -0.2) is 0 Å². The number of hydrogen-bond donors (Lipinski definition) is 1. The lowest BCUT2D eigenvalue weighted by atomic mass is 10.1. The Morgan fingerprint density at radius 1 is 1.45 bits per heavy atom. The molecule has 108 valence electrons. The minimum Gasteiger partial charge on any atom is -0.338 e. The van der Waals surface area contributed by atoms with Gasteiger partial charge in [-0.1, -0.05) is 6.92 Å². The highest BCUT2D eigenvalue weighted by atomic mass is 16.2. The third-order valence-electron chi connectivity index (χ3n) is 3.15. The lowest BCUT2D eigenvalue weighted by Gasteiger charge is -2.28. The summed E-state index contributed by atoms with van der Waals surface area (Å²) in [4.78, 5) is 13.9.